The van der Waals surface area contributed by atoms with Gasteiger partial charge in [0, 0.05) is 48.0 Å². The average Bonchev–Trinajstić information content (AvgIpc) is 3.85. The molecule has 276 valence electrons. The van der Waals surface area contributed by atoms with Crippen molar-refractivity contribution < 1.29 is 9.13 Å². The predicted octanol–water partition coefficient (Wildman–Crippen LogP) is 9.41. The Morgan fingerprint density at radius 1 is 0.345 bits per heavy atom. The molecule has 11 rings (SSSR count). The smallest absolute Gasteiger partial charge is 0.221 e. The molecule has 0 atom stereocenters. The van der Waals surface area contributed by atoms with Gasteiger partial charge in [-0.3, -0.25) is 8.97 Å². The first kappa shape index (κ1) is 34.4. The van der Waals surface area contributed by atoms with Crippen molar-refractivity contribution in [3.63, 3.8) is 0 Å². The van der Waals surface area contributed by atoms with Crippen LogP contribution in [-0.2, 0) is 9.13 Å². The number of hydrogen-bond donors (Lipinski definition) is 0. The standard InChI is InChI=1S/C50H34N4O2P2/c55-57(35-17-5-1-6-18-35,36-19-7-2-8-20-36)39-29-31-41-42-32-30-40(58(56,37-21-9-3-10-22-37)38-23-11-4-12-24-38)34-48(42)53(47(41)33-39)50-52-44-26-14-13-25-43(44)49-51-45-27-15-16-28-46(45)54(49)50/h1-34H. The van der Waals surface area contributed by atoms with E-state index in [2.05, 4.69) is 45.4 Å². The number of aromatic nitrogens is 4. The van der Waals surface area contributed by atoms with Crippen LogP contribution in [-0.4, -0.2) is 18.9 Å². The average molecular weight is 785 g/mol. The number of fused-ring (bicyclic) bond motifs is 8. The van der Waals surface area contributed by atoms with Crippen LogP contribution in [0.25, 0.3) is 55.3 Å². The summed E-state index contributed by atoms with van der Waals surface area (Å²) >= 11 is 0. The van der Waals surface area contributed by atoms with E-state index in [1.807, 2.05) is 170 Å². The number of benzene rings is 8. The molecule has 11 aromatic rings. The SMILES string of the molecule is O=P(c1ccccc1)(c1ccccc1)c1ccc2c3ccc(P(=O)(c4ccccc4)c4ccccc4)cc3n(-c3nc4ccccc4c4nc5ccccc5n34)c2c1. The summed E-state index contributed by atoms with van der Waals surface area (Å²) in [4.78, 5) is 10.6. The first-order chi connectivity index (χ1) is 28.5. The zero-order valence-corrected chi connectivity index (χ0v) is 32.9. The van der Waals surface area contributed by atoms with E-state index in [0.29, 0.717) is 16.6 Å². The maximum absolute atomic E-state index is 15.9. The van der Waals surface area contributed by atoms with Crippen LogP contribution in [0.2, 0.25) is 0 Å². The lowest BCUT2D eigenvalue weighted by Gasteiger charge is -2.21. The molecule has 0 N–H and O–H groups in total. The van der Waals surface area contributed by atoms with E-state index >= 15 is 9.13 Å². The number of hydrogen-bond acceptors (Lipinski definition) is 4. The fourth-order valence-electron chi connectivity index (χ4n) is 8.53. The Balaban J connectivity index is 1.30. The number of imidazole rings is 1. The highest BCUT2D eigenvalue weighted by atomic mass is 31.2. The summed E-state index contributed by atoms with van der Waals surface area (Å²) in [5.41, 5.74) is 4.98. The van der Waals surface area contributed by atoms with Gasteiger partial charge in [-0.2, -0.15) is 0 Å². The second-order valence-electron chi connectivity index (χ2n) is 14.5. The van der Waals surface area contributed by atoms with Crippen molar-refractivity contribution in [2.24, 2.45) is 0 Å². The Labute approximate surface area is 334 Å². The summed E-state index contributed by atoms with van der Waals surface area (Å²) in [5.74, 6) is 0.625. The highest BCUT2D eigenvalue weighted by Crippen LogP contribution is 2.46. The molecule has 0 aliphatic carbocycles. The molecule has 0 radical (unpaired) electrons. The van der Waals surface area contributed by atoms with Crippen molar-refractivity contribution in [2.75, 3.05) is 0 Å². The second-order valence-corrected chi connectivity index (χ2v) is 20.0. The van der Waals surface area contributed by atoms with Gasteiger partial charge in [-0.15, -0.1) is 0 Å². The van der Waals surface area contributed by atoms with Crippen LogP contribution < -0.4 is 31.8 Å². The highest BCUT2D eigenvalue weighted by Gasteiger charge is 2.33. The molecular weight excluding hydrogens is 751 g/mol. The van der Waals surface area contributed by atoms with Gasteiger partial charge in [0.05, 0.1) is 27.6 Å². The van der Waals surface area contributed by atoms with Gasteiger partial charge in [0.25, 0.3) is 0 Å². The molecule has 0 saturated carbocycles. The minimum absolute atomic E-state index is 0.625. The van der Waals surface area contributed by atoms with Crippen LogP contribution >= 0.6 is 14.3 Å². The maximum Gasteiger partial charge on any atom is 0.221 e. The van der Waals surface area contributed by atoms with E-state index in [-0.39, 0.29) is 0 Å². The molecule has 0 aliphatic rings. The van der Waals surface area contributed by atoms with Gasteiger partial charge in [-0.05, 0) is 36.4 Å². The molecule has 6 nitrogen and oxygen atoms in total. The molecule has 0 aliphatic heterocycles. The Morgan fingerprint density at radius 2 is 0.759 bits per heavy atom. The van der Waals surface area contributed by atoms with Crippen molar-refractivity contribution in [1.82, 2.24) is 18.9 Å². The summed E-state index contributed by atoms with van der Waals surface area (Å²) < 4.78 is 36.0. The second kappa shape index (κ2) is 13.4. The summed E-state index contributed by atoms with van der Waals surface area (Å²) in [5, 5.41) is 7.27. The molecule has 58 heavy (non-hydrogen) atoms. The van der Waals surface area contributed by atoms with Crippen LogP contribution in [0.4, 0.5) is 0 Å². The first-order valence-corrected chi connectivity index (χ1v) is 22.6. The van der Waals surface area contributed by atoms with Crippen molar-refractivity contribution >= 4 is 95.5 Å². The summed E-state index contributed by atoms with van der Waals surface area (Å²) in [6, 6.07) is 67.5. The van der Waals surface area contributed by atoms with Crippen molar-refractivity contribution in [2.45, 2.75) is 0 Å². The summed E-state index contributed by atoms with van der Waals surface area (Å²) in [6.07, 6.45) is 0. The van der Waals surface area contributed by atoms with Gasteiger partial charge in [0.15, 0.2) is 14.3 Å². The molecule has 8 aromatic carbocycles. The van der Waals surface area contributed by atoms with Crippen LogP contribution in [0, 0.1) is 0 Å². The minimum Gasteiger partial charge on any atom is -0.309 e. The fourth-order valence-corrected chi connectivity index (χ4v) is 13.9. The molecule has 8 heteroatoms. The lowest BCUT2D eigenvalue weighted by atomic mass is 10.1. The van der Waals surface area contributed by atoms with Crippen molar-refractivity contribution in [3.05, 3.63) is 206 Å². The van der Waals surface area contributed by atoms with Crippen molar-refractivity contribution in [1.29, 1.82) is 0 Å². The molecule has 0 fully saturated rings. The van der Waals surface area contributed by atoms with E-state index in [0.717, 1.165) is 70.6 Å². The van der Waals surface area contributed by atoms with E-state index < -0.39 is 14.3 Å². The Hall–Kier alpha value is -6.84. The lowest BCUT2D eigenvalue weighted by Crippen LogP contribution is -2.25. The van der Waals surface area contributed by atoms with E-state index in [4.69, 9.17) is 9.97 Å². The minimum atomic E-state index is -3.36. The molecule has 0 bridgehead atoms. The maximum atomic E-state index is 15.9. The van der Waals surface area contributed by atoms with Gasteiger partial charge in [-0.25, -0.2) is 9.97 Å². The molecule has 0 amide bonds. The van der Waals surface area contributed by atoms with Crippen molar-refractivity contribution in [3.8, 4) is 5.95 Å². The third-order valence-corrected chi connectivity index (χ3v) is 17.4. The third-order valence-electron chi connectivity index (χ3n) is 11.3. The number of nitrogens with zero attached hydrogens (tertiary/aromatic N) is 4. The molecule has 3 heterocycles. The lowest BCUT2D eigenvalue weighted by molar-refractivity contribution is 0.591. The van der Waals surface area contributed by atoms with Crippen LogP contribution in [0.1, 0.15) is 0 Å². The fraction of sp³-hybridized carbons (Fsp3) is 0. The quantitative estimate of drug-likeness (QED) is 0.151. The molecule has 0 spiro atoms. The Bertz CT molecular complexity index is 3220. The normalized spacial score (nSPS) is 12.3. The number of rotatable bonds is 7. The zero-order valence-electron chi connectivity index (χ0n) is 31.1. The van der Waals surface area contributed by atoms with Gasteiger partial charge in [0.1, 0.15) is 5.65 Å². The Morgan fingerprint density at radius 3 is 1.24 bits per heavy atom. The van der Waals surface area contributed by atoms with Gasteiger partial charge < -0.3 is 9.13 Å². The predicted molar refractivity (Wildman–Crippen MR) is 241 cm³/mol. The van der Waals surface area contributed by atoms with Crippen LogP contribution in [0.5, 0.6) is 0 Å². The zero-order chi connectivity index (χ0) is 38.8. The van der Waals surface area contributed by atoms with Gasteiger partial charge in [0.2, 0.25) is 5.95 Å². The van der Waals surface area contributed by atoms with E-state index in [1.165, 1.54) is 0 Å². The molecule has 0 unspecified atom stereocenters. The van der Waals surface area contributed by atoms with Crippen LogP contribution in [0.3, 0.4) is 0 Å². The molecular formula is C50H34N4O2P2. The Kier molecular flexibility index (Phi) is 7.94. The van der Waals surface area contributed by atoms with Crippen LogP contribution in [0.15, 0.2) is 206 Å². The summed E-state index contributed by atoms with van der Waals surface area (Å²) in [6.45, 7) is 0. The first-order valence-electron chi connectivity index (χ1n) is 19.2. The monoisotopic (exact) mass is 784 g/mol. The number of para-hydroxylation sites is 3. The largest absolute Gasteiger partial charge is 0.309 e. The molecule has 3 aromatic heterocycles. The topological polar surface area (TPSA) is 69.3 Å². The highest BCUT2D eigenvalue weighted by molar-refractivity contribution is 7.85. The van der Waals surface area contributed by atoms with E-state index in [9.17, 15) is 0 Å². The summed E-state index contributed by atoms with van der Waals surface area (Å²) in [7, 11) is -6.73. The van der Waals surface area contributed by atoms with E-state index in [1.54, 1.807) is 0 Å². The van der Waals surface area contributed by atoms with Gasteiger partial charge >= 0.3 is 0 Å². The molecule has 0 saturated heterocycles. The van der Waals surface area contributed by atoms with Gasteiger partial charge in [-0.1, -0.05) is 170 Å². The third kappa shape index (κ3) is 5.12.